The molecule has 4 heteroatoms. The van der Waals surface area contributed by atoms with Crippen molar-refractivity contribution in [2.45, 2.75) is 64.6 Å². The third-order valence-corrected chi connectivity index (χ3v) is 3.96. The third-order valence-electron chi connectivity index (χ3n) is 3.96. The fraction of sp³-hybridized carbons (Fsp3) is 0.929. The maximum atomic E-state index is 12.0. The molecular formula is C14H29N3O. The third kappa shape index (κ3) is 4.94. The first-order valence-electron chi connectivity index (χ1n) is 7.28. The summed E-state index contributed by atoms with van der Waals surface area (Å²) >= 11 is 0. The van der Waals surface area contributed by atoms with Gasteiger partial charge in [-0.05, 0) is 46.7 Å². The Labute approximate surface area is 111 Å². The van der Waals surface area contributed by atoms with Crippen molar-refractivity contribution >= 4 is 5.91 Å². The number of amides is 1. The van der Waals surface area contributed by atoms with Gasteiger partial charge in [-0.3, -0.25) is 9.69 Å². The maximum Gasteiger partial charge on any atom is 0.237 e. The predicted molar refractivity (Wildman–Crippen MR) is 75.6 cm³/mol. The van der Waals surface area contributed by atoms with Gasteiger partial charge in [-0.1, -0.05) is 13.3 Å². The largest absolute Gasteiger partial charge is 0.352 e. The van der Waals surface area contributed by atoms with Gasteiger partial charge in [-0.15, -0.1) is 0 Å². The minimum Gasteiger partial charge on any atom is -0.352 e. The van der Waals surface area contributed by atoms with Crippen molar-refractivity contribution < 1.29 is 4.79 Å². The summed E-state index contributed by atoms with van der Waals surface area (Å²) in [4.78, 5) is 14.2. The molecule has 2 N–H and O–H groups in total. The summed E-state index contributed by atoms with van der Waals surface area (Å²) in [5.41, 5.74) is 0. The number of rotatable bonds is 6. The predicted octanol–water partition coefficient (Wildman–Crippen LogP) is 1.36. The zero-order valence-electron chi connectivity index (χ0n) is 12.3. The van der Waals surface area contributed by atoms with Crippen LogP contribution in [0.1, 0.15) is 46.5 Å². The second kappa shape index (κ2) is 7.74. The first-order chi connectivity index (χ1) is 8.54. The topological polar surface area (TPSA) is 44.4 Å². The van der Waals surface area contributed by atoms with Gasteiger partial charge in [0.1, 0.15) is 0 Å². The van der Waals surface area contributed by atoms with Crippen LogP contribution in [0.3, 0.4) is 0 Å². The number of hydrogen-bond donors (Lipinski definition) is 2. The quantitative estimate of drug-likeness (QED) is 0.753. The molecule has 1 fully saturated rings. The van der Waals surface area contributed by atoms with E-state index < -0.39 is 0 Å². The Balaban J connectivity index is 2.34. The van der Waals surface area contributed by atoms with Gasteiger partial charge in [0.25, 0.3) is 0 Å². The van der Waals surface area contributed by atoms with Gasteiger partial charge >= 0.3 is 0 Å². The first kappa shape index (κ1) is 15.4. The molecule has 1 aliphatic heterocycles. The number of carbonyl (C=O) groups excluding carboxylic acids is 1. The van der Waals surface area contributed by atoms with Crippen molar-refractivity contribution in [2.75, 3.05) is 20.1 Å². The van der Waals surface area contributed by atoms with Gasteiger partial charge in [0.15, 0.2) is 0 Å². The van der Waals surface area contributed by atoms with Crippen LogP contribution in [-0.2, 0) is 4.79 Å². The average molecular weight is 255 g/mol. The molecule has 18 heavy (non-hydrogen) atoms. The fourth-order valence-electron chi connectivity index (χ4n) is 2.25. The Morgan fingerprint density at radius 2 is 2.17 bits per heavy atom. The molecule has 106 valence electrons. The van der Waals surface area contributed by atoms with Crippen LogP contribution in [0.25, 0.3) is 0 Å². The molecule has 0 aromatic rings. The lowest BCUT2D eigenvalue weighted by atomic mass is 10.0. The van der Waals surface area contributed by atoms with Gasteiger partial charge in [0.05, 0.1) is 6.04 Å². The number of hydrogen-bond acceptors (Lipinski definition) is 3. The lowest BCUT2D eigenvalue weighted by Crippen LogP contribution is -2.50. The van der Waals surface area contributed by atoms with E-state index in [4.69, 9.17) is 0 Å². The molecule has 0 spiro atoms. The molecule has 0 aliphatic carbocycles. The highest BCUT2D eigenvalue weighted by Crippen LogP contribution is 2.09. The number of likely N-dealkylation sites (N-methyl/N-ethyl adjacent to an activating group) is 1. The Morgan fingerprint density at radius 3 is 2.72 bits per heavy atom. The molecular weight excluding hydrogens is 226 g/mol. The van der Waals surface area contributed by atoms with E-state index in [1.54, 1.807) is 0 Å². The molecule has 0 aromatic heterocycles. The fourth-order valence-corrected chi connectivity index (χ4v) is 2.25. The van der Waals surface area contributed by atoms with E-state index in [0.29, 0.717) is 6.04 Å². The minimum atomic E-state index is -0.0530. The van der Waals surface area contributed by atoms with E-state index in [-0.39, 0.29) is 18.0 Å². The molecule has 0 bridgehead atoms. The Bertz CT molecular complexity index is 251. The minimum absolute atomic E-state index is 0.0530. The molecule has 1 amide bonds. The summed E-state index contributed by atoms with van der Waals surface area (Å²) in [6.07, 6.45) is 4.79. The van der Waals surface area contributed by atoms with Crippen LogP contribution < -0.4 is 10.6 Å². The lowest BCUT2D eigenvalue weighted by Gasteiger charge is -2.31. The highest BCUT2D eigenvalue weighted by atomic mass is 16.2. The van der Waals surface area contributed by atoms with E-state index in [9.17, 15) is 4.79 Å². The van der Waals surface area contributed by atoms with Gasteiger partial charge in [0, 0.05) is 18.6 Å². The molecule has 3 unspecified atom stereocenters. The average Bonchev–Trinajstić information content (AvgIpc) is 2.38. The summed E-state index contributed by atoms with van der Waals surface area (Å²) in [6, 6.07) is 0.756. The van der Waals surface area contributed by atoms with Crippen LogP contribution in [0.4, 0.5) is 0 Å². The zero-order valence-corrected chi connectivity index (χ0v) is 12.3. The van der Waals surface area contributed by atoms with E-state index in [0.717, 1.165) is 19.5 Å². The number of piperidine rings is 1. The molecule has 4 nitrogen and oxygen atoms in total. The summed E-state index contributed by atoms with van der Waals surface area (Å²) in [7, 11) is 2.04. The number of nitrogens with one attached hydrogen (secondary N) is 2. The molecule has 1 heterocycles. The van der Waals surface area contributed by atoms with Crippen molar-refractivity contribution in [3.8, 4) is 0 Å². The monoisotopic (exact) mass is 255 g/mol. The number of nitrogens with zero attached hydrogens (tertiary/aromatic N) is 1. The summed E-state index contributed by atoms with van der Waals surface area (Å²) in [5.74, 6) is 0.141. The van der Waals surface area contributed by atoms with Crippen LogP contribution in [0.2, 0.25) is 0 Å². The van der Waals surface area contributed by atoms with Crippen molar-refractivity contribution in [1.82, 2.24) is 15.5 Å². The van der Waals surface area contributed by atoms with Crippen LogP contribution in [0, 0.1) is 0 Å². The lowest BCUT2D eigenvalue weighted by molar-refractivity contribution is -0.126. The Hall–Kier alpha value is -0.610. The Kier molecular flexibility index (Phi) is 6.65. The summed E-state index contributed by atoms with van der Waals surface area (Å²) in [5, 5.41) is 6.57. The molecule has 0 saturated carbocycles. The van der Waals surface area contributed by atoms with Crippen molar-refractivity contribution in [2.24, 2.45) is 0 Å². The maximum absolute atomic E-state index is 12.0. The van der Waals surface area contributed by atoms with E-state index in [1.165, 1.54) is 19.3 Å². The molecule has 1 saturated heterocycles. The van der Waals surface area contributed by atoms with Crippen LogP contribution in [0.5, 0.6) is 0 Å². The van der Waals surface area contributed by atoms with Gasteiger partial charge in [-0.2, -0.15) is 0 Å². The summed E-state index contributed by atoms with van der Waals surface area (Å²) in [6.45, 7) is 8.19. The molecule has 1 aliphatic rings. The second-order valence-electron chi connectivity index (χ2n) is 5.58. The smallest absolute Gasteiger partial charge is 0.237 e. The highest BCUT2D eigenvalue weighted by Gasteiger charge is 2.22. The van der Waals surface area contributed by atoms with Crippen LogP contribution in [0.15, 0.2) is 0 Å². The van der Waals surface area contributed by atoms with E-state index >= 15 is 0 Å². The van der Waals surface area contributed by atoms with Crippen molar-refractivity contribution in [3.05, 3.63) is 0 Å². The second-order valence-corrected chi connectivity index (χ2v) is 5.58. The van der Waals surface area contributed by atoms with E-state index in [1.807, 2.05) is 20.9 Å². The van der Waals surface area contributed by atoms with Crippen LogP contribution >= 0.6 is 0 Å². The Morgan fingerprint density at radius 1 is 1.44 bits per heavy atom. The van der Waals surface area contributed by atoms with Crippen LogP contribution in [-0.4, -0.2) is 49.1 Å². The van der Waals surface area contributed by atoms with Gasteiger partial charge in [-0.25, -0.2) is 0 Å². The standard InChI is InChI=1S/C14H29N3O/c1-5-11(2)16-14(18)12(3)17(4)10-13-8-6-7-9-15-13/h11-13,15H,5-10H2,1-4H3,(H,16,18). The van der Waals surface area contributed by atoms with E-state index in [2.05, 4.69) is 22.5 Å². The van der Waals surface area contributed by atoms with Crippen molar-refractivity contribution in [3.63, 3.8) is 0 Å². The molecule has 0 radical (unpaired) electrons. The van der Waals surface area contributed by atoms with Gasteiger partial charge in [0.2, 0.25) is 5.91 Å². The highest BCUT2D eigenvalue weighted by molar-refractivity contribution is 5.81. The van der Waals surface area contributed by atoms with Crippen molar-refractivity contribution in [1.29, 1.82) is 0 Å². The molecule has 3 atom stereocenters. The zero-order chi connectivity index (χ0) is 13.5. The van der Waals surface area contributed by atoms with Gasteiger partial charge < -0.3 is 10.6 Å². The first-order valence-corrected chi connectivity index (χ1v) is 7.28. The SMILES string of the molecule is CCC(C)NC(=O)C(C)N(C)CC1CCCCN1. The molecule has 1 rings (SSSR count). The summed E-state index contributed by atoms with van der Waals surface area (Å²) < 4.78 is 0. The normalized spacial score (nSPS) is 23.7. The number of carbonyl (C=O) groups is 1. The molecule has 0 aromatic carbocycles.